The molecule has 0 aliphatic carbocycles. The van der Waals surface area contributed by atoms with Crippen molar-refractivity contribution in [3.63, 3.8) is 0 Å². The SMILES string of the molecule is Cc1noc(C)c1Cn1cc(N2CN(Cc3cc(C)n(C)n3)C(C)(C)C2)cn1. The van der Waals surface area contributed by atoms with Crippen LogP contribution in [0.2, 0.25) is 0 Å². The number of aryl methyl sites for hydroxylation is 4. The summed E-state index contributed by atoms with van der Waals surface area (Å²) in [5.74, 6) is 0.855. The molecule has 0 aromatic carbocycles. The lowest BCUT2D eigenvalue weighted by Crippen LogP contribution is -2.39. The summed E-state index contributed by atoms with van der Waals surface area (Å²) >= 11 is 0. The summed E-state index contributed by atoms with van der Waals surface area (Å²) in [5, 5.41) is 13.2. The van der Waals surface area contributed by atoms with Crippen molar-refractivity contribution in [2.75, 3.05) is 18.1 Å². The van der Waals surface area contributed by atoms with E-state index in [1.807, 2.05) is 36.5 Å². The van der Waals surface area contributed by atoms with E-state index in [9.17, 15) is 0 Å². The first-order valence-corrected chi connectivity index (χ1v) is 9.66. The second-order valence-corrected chi connectivity index (χ2v) is 8.45. The van der Waals surface area contributed by atoms with Crippen molar-refractivity contribution in [3.8, 4) is 0 Å². The highest BCUT2D eigenvalue weighted by Gasteiger charge is 2.37. The van der Waals surface area contributed by atoms with Gasteiger partial charge in [-0.3, -0.25) is 14.3 Å². The molecule has 150 valence electrons. The molecule has 1 saturated heterocycles. The molecular formula is C20H29N7O. The smallest absolute Gasteiger partial charge is 0.138 e. The van der Waals surface area contributed by atoms with E-state index < -0.39 is 0 Å². The molecule has 0 bridgehead atoms. The van der Waals surface area contributed by atoms with Crippen molar-refractivity contribution in [1.82, 2.24) is 29.6 Å². The third-order valence-corrected chi connectivity index (χ3v) is 5.78. The monoisotopic (exact) mass is 383 g/mol. The van der Waals surface area contributed by atoms with Crippen molar-refractivity contribution in [2.24, 2.45) is 7.05 Å². The van der Waals surface area contributed by atoms with E-state index in [0.29, 0.717) is 6.54 Å². The van der Waals surface area contributed by atoms with E-state index in [4.69, 9.17) is 4.52 Å². The first kappa shape index (κ1) is 18.7. The molecular weight excluding hydrogens is 354 g/mol. The van der Waals surface area contributed by atoms with Crippen molar-refractivity contribution in [2.45, 2.75) is 53.2 Å². The Balaban J connectivity index is 1.47. The van der Waals surface area contributed by atoms with Gasteiger partial charge in [0.2, 0.25) is 0 Å². The maximum atomic E-state index is 5.27. The molecule has 1 fully saturated rings. The van der Waals surface area contributed by atoms with E-state index in [1.54, 1.807) is 0 Å². The van der Waals surface area contributed by atoms with Crippen LogP contribution in [0.15, 0.2) is 23.0 Å². The predicted molar refractivity (Wildman–Crippen MR) is 107 cm³/mol. The summed E-state index contributed by atoms with van der Waals surface area (Å²) in [6.07, 6.45) is 4.05. The zero-order valence-electron chi connectivity index (χ0n) is 17.6. The summed E-state index contributed by atoms with van der Waals surface area (Å²) < 4.78 is 9.16. The molecule has 1 aliphatic rings. The van der Waals surface area contributed by atoms with Gasteiger partial charge in [0, 0.05) is 43.1 Å². The van der Waals surface area contributed by atoms with Crippen molar-refractivity contribution >= 4 is 5.69 Å². The van der Waals surface area contributed by atoms with E-state index in [-0.39, 0.29) is 5.54 Å². The maximum Gasteiger partial charge on any atom is 0.138 e. The molecule has 0 unspecified atom stereocenters. The van der Waals surface area contributed by atoms with E-state index in [2.05, 4.69) is 58.2 Å². The van der Waals surface area contributed by atoms with Gasteiger partial charge in [0.25, 0.3) is 0 Å². The lowest BCUT2D eigenvalue weighted by atomic mass is 10.1. The Kier molecular flexibility index (Phi) is 4.53. The second kappa shape index (κ2) is 6.77. The average Bonchev–Trinajstić information content (AvgIpc) is 3.35. The molecule has 4 heterocycles. The van der Waals surface area contributed by atoms with Crippen molar-refractivity contribution in [1.29, 1.82) is 0 Å². The van der Waals surface area contributed by atoms with Gasteiger partial charge in [-0.15, -0.1) is 0 Å². The van der Waals surface area contributed by atoms with Gasteiger partial charge >= 0.3 is 0 Å². The fraction of sp³-hybridized carbons (Fsp3) is 0.550. The molecule has 1 aliphatic heterocycles. The third kappa shape index (κ3) is 3.44. The van der Waals surface area contributed by atoms with Gasteiger partial charge in [-0.25, -0.2) is 0 Å². The zero-order chi connectivity index (χ0) is 20.1. The quantitative estimate of drug-likeness (QED) is 0.675. The van der Waals surface area contributed by atoms with Crippen LogP contribution in [0.3, 0.4) is 0 Å². The van der Waals surface area contributed by atoms with Gasteiger partial charge in [-0.2, -0.15) is 10.2 Å². The maximum absolute atomic E-state index is 5.27. The van der Waals surface area contributed by atoms with Gasteiger partial charge in [-0.05, 0) is 40.7 Å². The molecule has 0 spiro atoms. The third-order valence-electron chi connectivity index (χ3n) is 5.78. The van der Waals surface area contributed by atoms with Gasteiger partial charge in [0.05, 0.1) is 36.5 Å². The highest BCUT2D eigenvalue weighted by Crippen LogP contribution is 2.30. The Morgan fingerprint density at radius 2 is 1.96 bits per heavy atom. The van der Waals surface area contributed by atoms with Gasteiger partial charge in [-0.1, -0.05) is 5.16 Å². The molecule has 0 saturated carbocycles. The molecule has 0 N–H and O–H groups in total. The summed E-state index contributed by atoms with van der Waals surface area (Å²) in [7, 11) is 1.99. The molecule has 0 radical (unpaired) electrons. The number of rotatable bonds is 5. The van der Waals surface area contributed by atoms with E-state index in [0.717, 1.165) is 48.2 Å². The summed E-state index contributed by atoms with van der Waals surface area (Å²) in [6, 6.07) is 2.17. The Morgan fingerprint density at radius 1 is 1.18 bits per heavy atom. The first-order chi connectivity index (χ1) is 13.2. The minimum Gasteiger partial charge on any atom is -0.361 e. The van der Waals surface area contributed by atoms with E-state index in [1.165, 1.54) is 5.69 Å². The van der Waals surface area contributed by atoms with Gasteiger partial charge < -0.3 is 9.42 Å². The number of nitrogens with zero attached hydrogens (tertiary/aromatic N) is 7. The number of hydrogen-bond acceptors (Lipinski definition) is 6. The van der Waals surface area contributed by atoms with Crippen molar-refractivity contribution < 1.29 is 4.52 Å². The molecule has 8 nitrogen and oxygen atoms in total. The largest absolute Gasteiger partial charge is 0.361 e. The van der Waals surface area contributed by atoms with Gasteiger partial charge in [0.1, 0.15) is 5.76 Å². The average molecular weight is 384 g/mol. The molecule has 8 heteroatoms. The number of anilines is 1. The highest BCUT2D eigenvalue weighted by molar-refractivity contribution is 5.44. The first-order valence-electron chi connectivity index (χ1n) is 9.66. The number of aromatic nitrogens is 5. The van der Waals surface area contributed by atoms with Crippen molar-refractivity contribution in [3.05, 3.63) is 46.9 Å². The van der Waals surface area contributed by atoms with Crippen LogP contribution in [0.5, 0.6) is 0 Å². The number of hydrogen-bond donors (Lipinski definition) is 0. The van der Waals surface area contributed by atoms with Crippen LogP contribution in [0.25, 0.3) is 0 Å². The Bertz CT molecular complexity index is 942. The Labute approximate surface area is 165 Å². The molecule has 28 heavy (non-hydrogen) atoms. The fourth-order valence-electron chi connectivity index (χ4n) is 3.85. The standard InChI is InChI=1S/C20H29N7O/c1-14-7-17(22-24(14)6)9-26-13-25(12-20(26,4)5)18-8-21-27(10-18)11-19-15(2)23-28-16(19)3/h7-8,10H,9,11-13H2,1-6H3. The normalized spacial score (nSPS) is 17.0. The minimum absolute atomic E-state index is 0.0647. The highest BCUT2D eigenvalue weighted by atomic mass is 16.5. The molecule has 0 amide bonds. The summed E-state index contributed by atoms with van der Waals surface area (Å²) in [6.45, 7) is 13.9. The molecule has 4 rings (SSSR count). The fourth-order valence-corrected chi connectivity index (χ4v) is 3.85. The second-order valence-electron chi connectivity index (χ2n) is 8.45. The topological polar surface area (TPSA) is 68.2 Å². The minimum atomic E-state index is 0.0647. The lowest BCUT2D eigenvalue weighted by Gasteiger charge is -2.28. The summed E-state index contributed by atoms with van der Waals surface area (Å²) in [5.41, 5.74) is 5.53. The molecule has 0 atom stereocenters. The zero-order valence-corrected chi connectivity index (χ0v) is 17.6. The van der Waals surface area contributed by atoms with E-state index >= 15 is 0 Å². The molecule has 3 aromatic heterocycles. The summed E-state index contributed by atoms with van der Waals surface area (Å²) in [4.78, 5) is 4.85. The Morgan fingerprint density at radius 3 is 2.61 bits per heavy atom. The van der Waals surface area contributed by atoms with Crippen LogP contribution < -0.4 is 4.90 Å². The van der Waals surface area contributed by atoms with Crippen LogP contribution in [-0.2, 0) is 20.1 Å². The van der Waals surface area contributed by atoms with Crippen LogP contribution in [-0.4, -0.2) is 48.4 Å². The van der Waals surface area contributed by atoms with Crippen LogP contribution in [0, 0.1) is 20.8 Å². The van der Waals surface area contributed by atoms with Gasteiger partial charge in [0.15, 0.2) is 0 Å². The molecule has 3 aromatic rings. The van der Waals surface area contributed by atoms with Crippen LogP contribution in [0.1, 0.15) is 42.3 Å². The lowest BCUT2D eigenvalue weighted by molar-refractivity contribution is 0.173. The van der Waals surface area contributed by atoms with Crippen LogP contribution in [0.4, 0.5) is 5.69 Å². The predicted octanol–water partition coefficient (Wildman–Crippen LogP) is 2.64. The Hall–Kier alpha value is -2.61. The van der Waals surface area contributed by atoms with Crippen LogP contribution >= 0.6 is 0 Å².